The van der Waals surface area contributed by atoms with Gasteiger partial charge in [-0.05, 0) is 32.0 Å². The molecule has 1 aliphatic heterocycles. The largest absolute Gasteiger partial charge is 0.389 e. The van der Waals surface area contributed by atoms with Crippen LogP contribution in [0.4, 0.5) is 4.39 Å². The quantitative estimate of drug-likeness (QED) is 0.826. The fraction of sp³-hybridized carbons (Fsp3) is 0.467. The lowest BCUT2D eigenvalue weighted by Crippen LogP contribution is -2.39. The highest BCUT2D eigenvalue weighted by Gasteiger charge is 2.24. The second-order valence-corrected chi connectivity index (χ2v) is 5.77. The molecule has 0 atom stereocenters. The summed E-state index contributed by atoms with van der Waals surface area (Å²) in [6.45, 7) is 2.15. The third kappa shape index (κ3) is 3.98. The Morgan fingerprint density at radius 2 is 2.14 bits per heavy atom. The molecule has 0 spiro atoms. The molecule has 0 unspecified atom stereocenters. The molecule has 3 N–H and O–H groups in total. The van der Waals surface area contributed by atoms with Crippen LogP contribution in [-0.4, -0.2) is 35.9 Å². The highest BCUT2D eigenvalue weighted by atomic mass is 32.1. The predicted octanol–water partition coefficient (Wildman–Crippen LogP) is 1.42. The van der Waals surface area contributed by atoms with Crippen LogP contribution in [0, 0.1) is 11.7 Å². The molecule has 1 aromatic rings. The zero-order valence-electron chi connectivity index (χ0n) is 12.1. The second-order valence-electron chi connectivity index (χ2n) is 5.34. The number of nitrogens with one attached hydrogen (secondary N) is 1. The van der Waals surface area contributed by atoms with Crippen molar-refractivity contribution in [2.75, 3.05) is 20.1 Å². The number of carbonyl (C=O) groups is 1. The third-order valence-corrected chi connectivity index (χ3v) is 4.17. The molecule has 0 aliphatic carbocycles. The van der Waals surface area contributed by atoms with Gasteiger partial charge in [-0.3, -0.25) is 9.69 Å². The zero-order chi connectivity index (χ0) is 15.4. The van der Waals surface area contributed by atoms with E-state index in [-0.39, 0.29) is 22.6 Å². The number of hydrogen-bond acceptors (Lipinski definition) is 3. The normalized spacial score (nSPS) is 16.7. The summed E-state index contributed by atoms with van der Waals surface area (Å²) in [5.41, 5.74) is 6.67. The molecule has 21 heavy (non-hydrogen) atoms. The fourth-order valence-electron chi connectivity index (χ4n) is 2.63. The summed E-state index contributed by atoms with van der Waals surface area (Å²) >= 11 is 4.84. The number of thiocarbonyl (C=S) groups is 1. The van der Waals surface area contributed by atoms with Gasteiger partial charge in [0, 0.05) is 30.6 Å². The molecule has 1 amide bonds. The van der Waals surface area contributed by atoms with Gasteiger partial charge in [-0.25, -0.2) is 4.39 Å². The Bertz CT molecular complexity index is 542. The number of benzene rings is 1. The van der Waals surface area contributed by atoms with Gasteiger partial charge in [-0.1, -0.05) is 24.4 Å². The highest BCUT2D eigenvalue weighted by Crippen LogP contribution is 2.20. The summed E-state index contributed by atoms with van der Waals surface area (Å²) in [7, 11) is 1.66. The minimum atomic E-state index is -0.284. The topological polar surface area (TPSA) is 58.4 Å². The summed E-state index contributed by atoms with van der Waals surface area (Å²) < 4.78 is 14.0. The summed E-state index contributed by atoms with van der Waals surface area (Å²) in [6, 6.07) is 4.86. The van der Waals surface area contributed by atoms with Crippen LogP contribution in [0.5, 0.6) is 0 Å². The second kappa shape index (κ2) is 6.95. The molecule has 114 valence electrons. The molecule has 0 saturated carbocycles. The lowest BCUT2D eigenvalue weighted by Gasteiger charge is -2.31. The van der Waals surface area contributed by atoms with E-state index >= 15 is 0 Å². The van der Waals surface area contributed by atoms with E-state index in [9.17, 15) is 9.18 Å². The molecule has 1 aromatic carbocycles. The predicted molar refractivity (Wildman–Crippen MR) is 84.4 cm³/mol. The molecule has 1 saturated heterocycles. The van der Waals surface area contributed by atoms with E-state index in [1.807, 2.05) is 0 Å². The molecule has 0 aromatic heterocycles. The van der Waals surface area contributed by atoms with Crippen molar-refractivity contribution < 1.29 is 9.18 Å². The SMILES string of the molecule is CNC(=O)C1CCN(Cc2ccc(C(N)=S)cc2F)CC1. The first-order chi connectivity index (χ1) is 10.0. The standard InChI is InChI=1S/C15H20FN3OS/c1-18-15(20)10-4-6-19(7-5-10)9-12-3-2-11(14(17)21)8-13(12)16/h2-3,8,10H,4-7,9H2,1H3,(H2,17,21)(H,18,20). The maximum atomic E-state index is 14.0. The first kappa shape index (κ1) is 15.9. The van der Waals surface area contributed by atoms with Crippen molar-refractivity contribution in [2.24, 2.45) is 11.7 Å². The Hall–Kier alpha value is -1.53. The first-order valence-electron chi connectivity index (χ1n) is 7.03. The summed E-state index contributed by atoms with van der Waals surface area (Å²) in [5.74, 6) is -0.108. The molecule has 0 bridgehead atoms. The van der Waals surface area contributed by atoms with Crippen molar-refractivity contribution in [2.45, 2.75) is 19.4 Å². The number of carbonyl (C=O) groups excluding carboxylic acids is 1. The highest BCUT2D eigenvalue weighted by molar-refractivity contribution is 7.80. The van der Waals surface area contributed by atoms with Crippen LogP contribution in [0.25, 0.3) is 0 Å². The van der Waals surface area contributed by atoms with Gasteiger partial charge >= 0.3 is 0 Å². The minimum absolute atomic E-state index is 0.0769. The van der Waals surface area contributed by atoms with Gasteiger partial charge in [-0.2, -0.15) is 0 Å². The van der Waals surface area contributed by atoms with Crippen molar-refractivity contribution in [3.8, 4) is 0 Å². The molecule has 2 rings (SSSR count). The van der Waals surface area contributed by atoms with Crippen molar-refractivity contribution in [3.63, 3.8) is 0 Å². The summed E-state index contributed by atoms with van der Waals surface area (Å²) in [6.07, 6.45) is 1.62. The smallest absolute Gasteiger partial charge is 0.222 e. The van der Waals surface area contributed by atoms with Crippen LogP contribution < -0.4 is 11.1 Å². The molecular formula is C15H20FN3OS. The molecule has 1 heterocycles. The van der Waals surface area contributed by atoms with Crippen LogP contribution in [0.1, 0.15) is 24.0 Å². The number of rotatable bonds is 4. The maximum Gasteiger partial charge on any atom is 0.222 e. The fourth-order valence-corrected chi connectivity index (χ4v) is 2.75. The Kier molecular flexibility index (Phi) is 5.25. The number of piperidine rings is 1. The Morgan fingerprint density at radius 3 is 2.67 bits per heavy atom. The van der Waals surface area contributed by atoms with Crippen LogP contribution in [0.3, 0.4) is 0 Å². The molecule has 1 fully saturated rings. The van der Waals surface area contributed by atoms with Gasteiger partial charge in [0.25, 0.3) is 0 Å². The van der Waals surface area contributed by atoms with Crippen LogP contribution in [0.15, 0.2) is 18.2 Å². The van der Waals surface area contributed by atoms with Gasteiger partial charge in [-0.15, -0.1) is 0 Å². The van der Waals surface area contributed by atoms with E-state index in [0.717, 1.165) is 25.9 Å². The van der Waals surface area contributed by atoms with E-state index in [1.165, 1.54) is 6.07 Å². The lowest BCUT2D eigenvalue weighted by atomic mass is 9.95. The number of amides is 1. The van der Waals surface area contributed by atoms with Crippen molar-refractivity contribution >= 4 is 23.1 Å². The average molecular weight is 309 g/mol. The number of likely N-dealkylation sites (tertiary alicyclic amines) is 1. The molecule has 4 nitrogen and oxygen atoms in total. The van der Waals surface area contributed by atoms with E-state index < -0.39 is 0 Å². The van der Waals surface area contributed by atoms with Gasteiger partial charge in [0.15, 0.2) is 0 Å². The van der Waals surface area contributed by atoms with Gasteiger partial charge in [0.1, 0.15) is 10.8 Å². The number of hydrogen-bond donors (Lipinski definition) is 2. The average Bonchev–Trinajstić information content (AvgIpc) is 2.49. The van der Waals surface area contributed by atoms with E-state index in [4.69, 9.17) is 18.0 Å². The monoisotopic (exact) mass is 309 g/mol. The van der Waals surface area contributed by atoms with E-state index in [0.29, 0.717) is 17.7 Å². The Balaban J connectivity index is 1.95. The third-order valence-electron chi connectivity index (χ3n) is 3.94. The van der Waals surface area contributed by atoms with Gasteiger partial charge < -0.3 is 11.1 Å². The molecule has 1 aliphatic rings. The first-order valence-corrected chi connectivity index (χ1v) is 7.44. The summed E-state index contributed by atoms with van der Waals surface area (Å²) in [5, 5.41) is 2.68. The number of nitrogens with zero attached hydrogens (tertiary/aromatic N) is 1. The molecule has 6 heteroatoms. The van der Waals surface area contributed by atoms with E-state index in [1.54, 1.807) is 19.2 Å². The Labute approximate surface area is 129 Å². The van der Waals surface area contributed by atoms with Crippen molar-refractivity contribution in [1.29, 1.82) is 0 Å². The maximum absolute atomic E-state index is 14.0. The minimum Gasteiger partial charge on any atom is -0.389 e. The number of nitrogens with two attached hydrogens (primary N) is 1. The summed E-state index contributed by atoms with van der Waals surface area (Å²) in [4.78, 5) is 13.9. The van der Waals surface area contributed by atoms with Crippen LogP contribution in [0.2, 0.25) is 0 Å². The van der Waals surface area contributed by atoms with Gasteiger partial charge in [0.05, 0.1) is 0 Å². The van der Waals surface area contributed by atoms with E-state index in [2.05, 4.69) is 10.2 Å². The van der Waals surface area contributed by atoms with Gasteiger partial charge in [0.2, 0.25) is 5.91 Å². The van der Waals surface area contributed by atoms with Crippen molar-refractivity contribution in [3.05, 3.63) is 35.1 Å². The Morgan fingerprint density at radius 1 is 1.48 bits per heavy atom. The number of halogens is 1. The van der Waals surface area contributed by atoms with Crippen molar-refractivity contribution in [1.82, 2.24) is 10.2 Å². The zero-order valence-corrected chi connectivity index (χ0v) is 12.9. The lowest BCUT2D eigenvalue weighted by molar-refractivity contribution is -0.125. The van der Waals surface area contributed by atoms with Crippen LogP contribution >= 0.6 is 12.2 Å². The van der Waals surface area contributed by atoms with Crippen LogP contribution in [-0.2, 0) is 11.3 Å². The molecule has 0 radical (unpaired) electrons. The molecular weight excluding hydrogens is 289 g/mol.